The van der Waals surface area contributed by atoms with E-state index in [9.17, 15) is 9.59 Å². The van der Waals surface area contributed by atoms with Gasteiger partial charge in [-0.2, -0.15) is 0 Å². The number of methoxy groups -OCH3 is 1. The van der Waals surface area contributed by atoms with Gasteiger partial charge in [0.2, 0.25) is 5.91 Å². The molecule has 1 N–H and O–H groups in total. The van der Waals surface area contributed by atoms with Gasteiger partial charge in [-0.3, -0.25) is 4.79 Å². The number of thiophene rings is 1. The summed E-state index contributed by atoms with van der Waals surface area (Å²) in [6, 6.07) is 1.72. The van der Waals surface area contributed by atoms with Crippen LogP contribution in [0.2, 0.25) is 0 Å². The fraction of sp³-hybridized carbons (Fsp3) is 0.500. The van der Waals surface area contributed by atoms with E-state index < -0.39 is 5.97 Å². The summed E-state index contributed by atoms with van der Waals surface area (Å²) in [7, 11) is 1.33. The molecule has 0 saturated heterocycles. The summed E-state index contributed by atoms with van der Waals surface area (Å²) in [6.07, 6.45) is 7.82. The number of rotatable bonds is 8. The van der Waals surface area contributed by atoms with Crippen LogP contribution >= 0.6 is 23.1 Å². The molecule has 1 fully saturated rings. The van der Waals surface area contributed by atoms with Crippen LogP contribution in [0.25, 0.3) is 0 Å². The van der Waals surface area contributed by atoms with Gasteiger partial charge in [0, 0.05) is 17.3 Å². The first-order valence-corrected chi connectivity index (χ1v) is 11.5. The molecule has 0 aromatic carbocycles. The van der Waals surface area contributed by atoms with Crippen LogP contribution in [0.3, 0.4) is 0 Å². The van der Waals surface area contributed by atoms with Crippen molar-refractivity contribution in [1.29, 1.82) is 0 Å². The molecule has 2 heterocycles. The first kappa shape index (κ1) is 21.6. The van der Waals surface area contributed by atoms with Crippen molar-refractivity contribution in [3.8, 4) is 0 Å². The number of aromatic nitrogens is 3. The van der Waals surface area contributed by atoms with Crippen LogP contribution in [0.5, 0.6) is 0 Å². The maximum absolute atomic E-state index is 12.5. The standard InChI is InChI=1S/C20H26N4O3S2/c1-4-10-24-17(14-8-6-5-7-9-14)22-23-20(24)28-12-16(25)21-18-15(19(26)27-3)11-13(2)29-18/h4,11,14H,1,5-10,12H2,2-3H3,(H,21,25). The van der Waals surface area contributed by atoms with Crippen molar-refractivity contribution in [2.45, 2.75) is 56.6 Å². The highest BCUT2D eigenvalue weighted by Gasteiger charge is 2.24. The van der Waals surface area contributed by atoms with E-state index in [1.54, 1.807) is 6.07 Å². The van der Waals surface area contributed by atoms with Crippen molar-refractivity contribution in [2.24, 2.45) is 0 Å². The Bertz CT molecular complexity index is 884. The number of hydrogen-bond donors (Lipinski definition) is 1. The maximum atomic E-state index is 12.5. The largest absolute Gasteiger partial charge is 0.465 e. The van der Waals surface area contributed by atoms with E-state index in [4.69, 9.17) is 4.74 Å². The highest BCUT2D eigenvalue weighted by atomic mass is 32.2. The Kier molecular flexibility index (Phi) is 7.49. The topological polar surface area (TPSA) is 86.1 Å². The minimum absolute atomic E-state index is 0.178. The number of nitrogens with one attached hydrogen (secondary N) is 1. The van der Waals surface area contributed by atoms with Gasteiger partial charge < -0.3 is 14.6 Å². The molecular formula is C20H26N4O3S2. The molecule has 1 amide bonds. The van der Waals surface area contributed by atoms with Gasteiger partial charge in [0.1, 0.15) is 10.8 Å². The van der Waals surface area contributed by atoms with Crippen molar-refractivity contribution in [2.75, 3.05) is 18.2 Å². The highest BCUT2D eigenvalue weighted by Crippen LogP contribution is 2.33. The molecule has 0 unspecified atom stereocenters. The third kappa shape index (κ3) is 5.27. The van der Waals surface area contributed by atoms with Crippen LogP contribution in [0.4, 0.5) is 5.00 Å². The van der Waals surface area contributed by atoms with Gasteiger partial charge in [-0.1, -0.05) is 37.1 Å². The van der Waals surface area contributed by atoms with E-state index >= 15 is 0 Å². The number of nitrogens with zero attached hydrogens (tertiary/aromatic N) is 3. The zero-order chi connectivity index (χ0) is 20.8. The molecule has 29 heavy (non-hydrogen) atoms. The smallest absolute Gasteiger partial charge is 0.340 e. The van der Waals surface area contributed by atoms with Crippen molar-refractivity contribution in [3.63, 3.8) is 0 Å². The summed E-state index contributed by atoms with van der Waals surface area (Å²) in [6.45, 7) is 6.35. The van der Waals surface area contributed by atoms with Crippen molar-refractivity contribution >= 4 is 40.0 Å². The Morgan fingerprint density at radius 3 is 2.83 bits per heavy atom. The van der Waals surface area contributed by atoms with Crippen molar-refractivity contribution < 1.29 is 14.3 Å². The average Bonchev–Trinajstić information content (AvgIpc) is 3.30. The molecule has 2 aromatic rings. The number of ether oxygens (including phenoxy) is 1. The molecule has 156 valence electrons. The highest BCUT2D eigenvalue weighted by molar-refractivity contribution is 7.99. The van der Waals surface area contributed by atoms with Gasteiger partial charge >= 0.3 is 5.97 Å². The Morgan fingerprint density at radius 1 is 1.38 bits per heavy atom. The second-order valence-electron chi connectivity index (χ2n) is 7.00. The number of carbonyl (C=O) groups is 2. The van der Waals surface area contributed by atoms with Crippen LogP contribution in [-0.4, -0.2) is 39.5 Å². The van der Waals surface area contributed by atoms with E-state index in [2.05, 4.69) is 26.7 Å². The van der Waals surface area contributed by atoms with Gasteiger partial charge in [-0.15, -0.1) is 28.1 Å². The first-order valence-electron chi connectivity index (χ1n) is 9.68. The van der Waals surface area contributed by atoms with Crippen LogP contribution < -0.4 is 5.32 Å². The third-order valence-corrected chi connectivity index (χ3v) is 6.81. The minimum Gasteiger partial charge on any atom is -0.465 e. The molecule has 0 spiro atoms. The molecule has 1 aliphatic rings. The summed E-state index contributed by atoms with van der Waals surface area (Å²) in [5, 5.41) is 12.8. The normalized spacial score (nSPS) is 14.6. The number of hydrogen-bond acceptors (Lipinski definition) is 7. The molecule has 0 radical (unpaired) electrons. The van der Waals surface area contributed by atoms with Crippen LogP contribution in [-0.2, 0) is 16.1 Å². The summed E-state index contributed by atoms with van der Waals surface area (Å²) < 4.78 is 6.85. The molecular weight excluding hydrogens is 408 g/mol. The van der Waals surface area contributed by atoms with Gasteiger partial charge in [-0.25, -0.2) is 4.79 Å². The molecule has 7 nitrogen and oxygen atoms in total. The number of thioether (sulfide) groups is 1. The first-order chi connectivity index (χ1) is 14.0. The number of allylic oxidation sites excluding steroid dienone is 1. The lowest BCUT2D eigenvalue weighted by atomic mass is 9.89. The number of aryl methyl sites for hydroxylation is 1. The van der Waals surface area contributed by atoms with Gasteiger partial charge in [0.25, 0.3) is 0 Å². The SMILES string of the molecule is C=CCn1c(SCC(=O)Nc2sc(C)cc2C(=O)OC)nnc1C1CCCCC1. The van der Waals surface area contributed by atoms with E-state index in [0.717, 1.165) is 28.7 Å². The summed E-state index contributed by atoms with van der Waals surface area (Å²) >= 11 is 2.70. The fourth-order valence-electron chi connectivity index (χ4n) is 3.53. The molecule has 0 aliphatic heterocycles. The van der Waals surface area contributed by atoms with E-state index in [1.165, 1.54) is 49.5 Å². The molecule has 1 saturated carbocycles. The number of carbonyl (C=O) groups excluding carboxylic acids is 2. The quantitative estimate of drug-likeness (QED) is 0.376. The second-order valence-corrected chi connectivity index (χ2v) is 9.20. The third-order valence-electron chi connectivity index (χ3n) is 4.87. The average molecular weight is 435 g/mol. The Morgan fingerprint density at radius 2 is 2.14 bits per heavy atom. The van der Waals surface area contributed by atoms with Crippen LogP contribution in [0.1, 0.15) is 59.1 Å². The Hall–Kier alpha value is -2.13. The molecule has 0 bridgehead atoms. The lowest BCUT2D eigenvalue weighted by molar-refractivity contribution is -0.113. The lowest BCUT2D eigenvalue weighted by Gasteiger charge is -2.21. The molecule has 1 aliphatic carbocycles. The second kappa shape index (κ2) is 10.1. The zero-order valence-corrected chi connectivity index (χ0v) is 18.4. The predicted molar refractivity (Wildman–Crippen MR) is 116 cm³/mol. The van der Waals surface area contributed by atoms with E-state index in [1.807, 2.05) is 13.0 Å². The van der Waals surface area contributed by atoms with E-state index in [0.29, 0.717) is 23.0 Å². The summed E-state index contributed by atoms with van der Waals surface area (Å²) in [5.41, 5.74) is 0.378. The van der Waals surface area contributed by atoms with Crippen molar-refractivity contribution in [1.82, 2.24) is 14.8 Å². The van der Waals surface area contributed by atoms with Gasteiger partial charge in [0.05, 0.1) is 18.4 Å². The van der Waals surface area contributed by atoms with Crippen LogP contribution in [0, 0.1) is 6.92 Å². The predicted octanol–water partition coefficient (Wildman–Crippen LogP) is 4.40. The molecule has 0 atom stereocenters. The Labute approximate surface area is 178 Å². The molecule has 9 heteroatoms. The van der Waals surface area contributed by atoms with Gasteiger partial charge in [-0.05, 0) is 25.8 Å². The van der Waals surface area contributed by atoms with Crippen molar-refractivity contribution in [3.05, 3.63) is 35.0 Å². The van der Waals surface area contributed by atoms with Gasteiger partial charge in [0.15, 0.2) is 5.16 Å². The number of esters is 1. The summed E-state index contributed by atoms with van der Waals surface area (Å²) in [5.74, 6) is 0.942. The number of anilines is 1. The zero-order valence-electron chi connectivity index (χ0n) is 16.8. The summed E-state index contributed by atoms with van der Waals surface area (Å²) in [4.78, 5) is 25.3. The fourth-order valence-corrected chi connectivity index (χ4v) is 5.20. The maximum Gasteiger partial charge on any atom is 0.340 e. The molecule has 3 rings (SSSR count). The van der Waals surface area contributed by atoms with E-state index in [-0.39, 0.29) is 11.7 Å². The number of amides is 1. The molecule has 2 aromatic heterocycles. The minimum atomic E-state index is -0.458. The Balaban J connectivity index is 1.66. The lowest BCUT2D eigenvalue weighted by Crippen LogP contribution is -2.16. The monoisotopic (exact) mass is 434 g/mol. The van der Waals surface area contributed by atoms with Crippen LogP contribution in [0.15, 0.2) is 23.9 Å².